The molecule has 4 rings (SSSR count). The first-order valence-electron chi connectivity index (χ1n) is 11.3. The summed E-state index contributed by atoms with van der Waals surface area (Å²) in [7, 11) is -1.93. The normalized spacial score (nSPS) is 21.0. The highest BCUT2D eigenvalue weighted by molar-refractivity contribution is 7.89. The number of ether oxygens (including phenoxy) is 2. The van der Waals surface area contributed by atoms with Crippen LogP contribution in [0.15, 0.2) is 47.4 Å². The Balaban J connectivity index is 1.43. The van der Waals surface area contributed by atoms with Crippen molar-refractivity contribution in [2.75, 3.05) is 20.2 Å². The smallest absolute Gasteiger partial charge is 0.243 e. The van der Waals surface area contributed by atoms with Gasteiger partial charge in [-0.05, 0) is 63.9 Å². The lowest BCUT2D eigenvalue weighted by Crippen LogP contribution is -2.46. The van der Waals surface area contributed by atoms with Gasteiger partial charge in [-0.3, -0.25) is 4.79 Å². The Hall–Kier alpha value is -2.58. The van der Waals surface area contributed by atoms with Crippen molar-refractivity contribution in [1.82, 2.24) is 9.62 Å². The first kappa shape index (κ1) is 23.6. The molecule has 0 bridgehead atoms. The van der Waals surface area contributed by atoms with Gasteiger partial charge in [0.25, 0.3) is 0 Å². The van der Waals surface area contributed by atoms with E-state index in [-0.39, 0.29) is 17.9 Å². The molecule has 2 heterocycles. The quantitative estimate of drug-likeness (QED) is 0.715. The van der Waals surface area contributed by atoms with E-state index in [4.69, 9.17) is 9.47 Å². The summed E-state index contributed by atoms with van der Waals surface area (Å²) in [6, 6.07) is 12.3. The van der Waals surface area contributed by atoms with Gasteiger partial charge in [0.15, 0.2) is 0 Å². The number of piperidine rings is 1. The van der Waals surface area contributed by atoms with Crippen molar-refractivity contribution in [1.29, 1.82) is 0 Å². The Morgan fingerprint density at radius 2 is 1.79 bits per heavy atom. The summed E-state index contributed by atoms with van der Waals surface area (Å²) in [6.07, 6.45) is 1.63. The van der Waals surface area contributed by atoms with Gasteiger partial charge in [0.1, 0.15) is 17.1 Å². The van der Waals surface area contributed by atoms with Crippen molar-refractivity contribution in [3.63, 3.8) is 0 Å². The fraction of sp³-hybridized carbons (Fsp3) is 0.480. The highest BCUT2D eigenvalue weighted by Gasteiger charge is 2.37. The maximum absolute atomic E-state index is 13.2. The predicted molar refractivity (Wildman–Crippen MR) is 126 cm³/mol. The molecule has 0 aliphatic carbocycles. The number of aryl methyl sites for hydroxylation is 1. The monoisotopic (exact) mass is 472 g/mol. The van der Waals surface area contributed by atoms with Gasteiger partial charge in [0, 0.05) is 31.0 Å². The zero-order chi connectivity index (χ0) is 23.8. The third-order valence-corrected chi connectivity index (χ3v) is 8.39. The first-order chi connectivity index (χ1) is 15.6. The molecule has 0 radical (unpaired) electrons. The summed E-state index contributed by atoms with van der Waals surface area (Å²) in [5.74, 6) is 1.19. The standard InChI is InChI=1S/C25H32N2O5S/c1-17-5-8-20(9-6-17)33(29,30)27-13-11-18(12-14-27)24(28)26-22-16-25(2,3)32-23-10-7-19(31-4)15-21(22)23/h5-10,15,18,22H,11-14,16H2,1-4H3,(H,26,28)/t22-/m0/s1. The molecule has 8 heteroatoms. The van der Waals surface area contributed by atoms with Crippen LogP contribution in [0.5, 0.6) is 11.5 Å². The van der Waals surface area contributed by atoms with Gasteiger partial charge in [-0.25, -0.2) is 8.42 Å². The molecule has 1 atom stereocenters. The molecule has 178 valence electrons. The van der Waals surface area contributed by atoms with Crippen molar-refractivity contribution in [2.45, 2.75) is 56.6 Å². The SMILES string of the molecule is COc1ccc2c(c1)[C@@H](NC(=O)C1CCN(S(=O)(=O)c3ccc(C)cc3)CC1)CC(C)(C)O2. The van der Waals surface area contributed by atoms with Crippen LogP contribution in [0, 0.1) is 12.8 Å². The van der Waals surface area contributed by atoms with E-state index in [9.17, 15) is 13.2 Å². The van der Waals surface area contributed by atoms with Crippen molar-refractivity contribution in [3.8, 4) is 11.5 Å². The number of carbonyl (C=O) groups is 1. The van der Waals surface area contributed by atoms with Gasteiger partial charge in [0.05, 0.1) is 18.0 Å². The minimum Gasteiger partial charge on any atom is -0.497 e. The molecule has 1 fully saturated rings. The van der Waals surface area contributed by atoms with Crippen LogP contribution in [0.3, 0.4) is 0 Å². The number of hydrogen-bond donors (Lipinski definition) is 1. The molecule has 2 aromatic rings. The molecule has 0 unspecified atom stereocenters. The number of nitrogens with one attached hydrogen (secondary N) is 1. The maximum Gasteiger partial charge on any atom is 0.243 e. The number of fused-ring (bicyclic) bond motifs is 1. The van der Waals surface area contributed by atoms with E-state index in [0.29, 0.717) is 43.0 Å². The second-order valence-electron chi connectivity index (χ2n) is 9.52. The van der Waals surface area contributed by atoms with Crippen molar-refractivity contribution in [3.05, 3.63) is 53.6 Å². The van der Waals surface area contributed by atoms with Crippen LogP contribution in [-0.2, 0) is 14.8 Å². The van der Waals surface area contributed by atoms with E-state index in [2.05, 4.69) is 5.32 Å². The summed E-state index contributed by atoms with van der Waals surface area (Å²) >= 11 is 0. The molecule has 2 aliphatic rings. The van der Waals surface area contributed by atoms with Crippen LogP contribution in [0.25, 0.3) is 0 Å². The lowest BCUT2D eigenvalue weighted by Gasteiger charge is -2.39. The molecular weight excluding hydrogens is 440 g/mol. The minimum absolute atomic E-state index is 0.0427. The average Bonchev–Trinajstić information content (AvgIpc) is 2.78. The molecule has 7 nitrogen and oxygen atoms in total. The molecule has 1 amide bonds. The molecule has 0 saturated carbocycles. The number of amides is 1. The zero-order valence-electron chi connectivity index (χ0n) is 19.6. The summed E-state index contributed by atoms with van der Waals surface area (Å²) in [5, 5.41) is 3.20. The Morgan fingerprint density at radius 1 is 1.12 bits per heavy atom. The van der Waals surface area contributed by atoms with E-state index in [0.717, 1.165) is 16.9 Å². The number of nitrogens with zero attached hydrogens (tertiary/aromatic N) is 1. The second kappa shape index (κ2) is 8.99. The van der Waals surface area contributed by atoms with Crippen LogP contribution >= 0.6 is 0 Å². The zero-order valence-corrected chi connectivity index (χ0v) is 20.4. The third kappa shape index (κ3) is 5.01. The molecule has 0 spiro atoms. The topological polar surface area (TPSA) is 84.9 Å². The van der Waals surface area contributed by atoms with Crippen LogP contribution in [0.1, 0.15) is 50.3 Å². The Kier molecular flexibility index (Phi) is 6.42. The number of rotatable bonds is 5. The lowest BCUT2D eigenvalue weighted by atomic mass is 9.88. The molecule has 2 aliphatic heterocycles. The van der Waals surface area contributed by atoms with Crippen LogP contribution in [0.2, 0.25) is 0 Å². The van der Waals surface area contributed by atoms with Gasteiger partial charge < -0.3 is 14.8 Å². The third-order valence-electron chi connectivity index (χ3n) is 6.47. The van der Waals surface area contributed by atoms with E-state index < -0.39 is 15.6 Å². The second-order valence-corrected chi connectivity index (χ2v) is 11.5. The number of sulfonamides is 1. The first-order valence-corrected chi connectivity index (χ1v) is 12.8. The molecule has 33 heavy (non-hydrogen) atoms. The summed E-state index contributed by atoms with van der Waals surface area (Å²) in [6.45, 7) is 6.60. The summed E-state index contributed by atoms with van der Waals surface area (Å²) in [4.78, 5) is 13.5. The molecule has 1 N–H and O–H groups in total. The fourth-order valence-electron chi connectivity index (χ4n) is 4.60. The highest BCUT2D eigenvalue weighted by Crippen LogP contribution is 2.41. The van der Waals surface area contributed by atoms with Gasteiger partial charge in [-0.15, -0.1) is 0 Å². The maximum atomic E-state index is 13.2. The molecule has 1 saturated heterocycles. The Labute approximate surface area is 196 Å². The number of methoxy groups -OCH3 is 1. The van der Waals surface area contributed by atoms with Gasteiger partial charge in [0.2, 0.25) is 15.9 Å². The number of benzene rings is 2. The van der Waals surface area contributed by atoms with E-state index >= 15 is 0 Å². The van der Waals surface area contributed by atoms with E-state index in [1.54, 1.807) is 31.4 Å². The fourth-order valence-corrected chi connectivity index (χ4v) is 6.07. The van der Waals surface area contributed by atoms with Crippen LogP contribution < -0.4 is 14.8 Å². The predicted octanol–water partition coefficient (Wildman–Crippen LogP) is 3.82. The van der Waals surface area contributed by atoms with Crippen molar-refractivity contribution < 1.29 is 22.7 Å². The van der Waals surface area contributed by atoms with Crippen LogP contribution in [0.4, 0.5) is 0 Å². The van der Waals surface area contributed by atoms with Gasteiger partial charge in [-0.2, -0.15) is 4.31 Å². The highest BCUT2D eigenvalue weighted by atomic mass is 32.2. The summed E-state index contributed by atoms with van der Waals surface area (Å²) in [5.41, 5.74) is 1.51. The number of carbonyl (C=O) groups excluding carboxylic acids is 1. The number of hydrogen-bond acceptors (Lipinski definition) is 5. The minimum atomic E-state index is -3.55. The average molecular weight is 473 g/mol. The summed E-state index contributed by atoms with van der Waals surface area (Å²) < 4.78 is 38.9. The molecule has 2 aromatic carbocycles. The van der Waals surface area contributed by atoms with Crippen molar-refractivity contribution in [2.24, 2.45) is 5.92 Å². The van der Waals surface area contributed by atoms with Gasteiger partial charge >= 0.3 is 0 Å². The van der Waals surface area contributed by atoms with E-state index in [1.165, 1.54) is 4.31 Å². The molecular formula is C25H32N2O5S. The Bertz CT molecular complexity index is 1120. The Morgan fingerprint density at radius 3 is 2.42 bits per heavy atom. The largest absolute Gasteiger partial charge is 0.497 e. The van der Waals surface area contributed by atoms with Crippen molar-refractivity contribution >= 4 is 15.9 Å². The van der Waals surface area contributed by atoms with E-state index in [1.807, 2.05) is 39.0 Å². The van der Waals surface area contributed by atoms with Crippen LogP contribution in [-0.4, -0.2) is 44.4 Å². The lowest BCUT2D eigenvalue weighted by molar-refractivity contribution is -0.127. The van der Waals surface area contributed by atoms with Gasteiger partial charge in [-0.1, -0.05) is 17.7 Å². The molecule has 0 aromatic heterocycles.